The highest BCUT2D eigenvalue weighted by molar-refractivity contribution is 5.97. The number of rotatable bonds is 5. The summed E-state index contributed by atoms with van der Waals surface area (Å²) >= 11 is 0. The Hall–Kier alpha value is -3.46. The Morgan fingerprint density at radius 3 is 2.74 bits per heavy atom. The van der Waals surface area contributed by atoms with Crippen LogP contribution in [-0.4, -0.2) is 44.5 Å². The van der Waals surface area contributed by atoms with Gasteiger partial charge in [-0.25, -0.2) is 4.39 Å². The molecule has 1 aliphatic carbocycles. The number of aromatic hydroxyl groups is 1. The highest BCUT2D eigenvalue weighted by Gasteiger charge is 2.30. The monoisotopic (exact) mass is 424 g/mol. The highest BCUT2D eigenvalue weighted by atomic mass is 19.1. The van der Waals surface area contributed by atoms with Crippen molar-refractivity contribution < 1.29 is 19.0 Å². The van der Waals surface area contributed by atoms with Gasteiger partial charge >= 0.3 is 0 Å². The van der Waals surface area contributed by atoms with Gasteiger partial charge in [-0.1, -0.05) is 18.2 Å². The molecule has 0 saturated heterocycles. The van der Waals surface area contributed by atoms with Crippen molar-refractivity contribution in [1.82, 2.24) is 19.5 Å². The lowest BCUT2D eigenvalue weighted by atomic mass is 10.0. The zero-order chi connectivity index (χ0) is 21.5. The lowest BCUT2D eigenvalue weighted by Gasteiger charge is -2.17. The van der Waals surface area contributed by atoms with Crippen LogP contribution in [0.15, 0.2) is 41.3 Å². The van der Waals surface area contributed by atoms with E-state index in [9.17, 15) is 19.1 Å². The Labute approximate surface area is 176 Å². The molecule has 0 radical (unpaired) electrons. The second-order valence-electron chi connectivity index (χ2n) is 7.81. The number of carbonyl (C=O) groups is 1. The summed E-state index contributed by atoms with van der Waals surface area (Å²) in [4.78, 5) is 26.2. The van der Waals surface area contributed by atoms with Gasteiger partial charge in [0.1, 0.15) is 5.82 Å². The van der Waals surface area contributed by atoms with Gasteiger partial charge in [-0.2, -0.15) is 9.61 Å². The smallest absolute Gasteiger partial charge is 0.270 e. The van der Waals surface area contributed by atoms with Crippen molar-refractivity contribution in [3.8, 4) is 5.88 Å². The summed E-state index contributed by atoms with van der Waals surface area (Å²) in [6, 6.07) is 5.82. The number of nitrogens with zero attached hydrogens (tertiary/aromatic N) is 3. The van der Waals surface area contributed by atoms with Gasteiger partial charge in [0, 0.05) is 11.6 Å². The van der Waals surface area contributed by atoms with E-state index >= 15 is 0 Å². The maximum atomic E-state index is 13.4. The number of amides is 1. The molecule has 8 nitrogen and oxygen atoms in total. The molecule has 3 aromatic rings. The lowest BCUT2D eigenvalue weighted by Crippen LogP contribution is -2.36. The molecule has 5 rings (SSSR count). The van der Waals surface area contributed by atoms with Crippen LogP contribution in [0.2, 0.25) is 0 Å². The molecular formula is C22H21FN4O4. The largest absolute Gasteiger partial charge is 0.492 e. The van der Waals surface area contributed by atoms with Gasteiger partial charge < -0.3 is 15.2 Å². The first-order valence-corrected chi connectivity index (χ1v) is 10.2. The Balaban J connectivity index is 1.71. The number of ether oxygens (including phenoxy) is 1. The van der Waals surface area contributed by atoms with Gasteiger partial charge in [0.2, 0.25) is 5.88 Å². The maximum absolute atomic E-state index is 13.4. The number of halogens is 1. The van der Waals surface area contributed by atoms with Crippen LogP contribution in [0.5, 0.6) is 5.88 Å². The first kappa shape index (κ1) is 19.5. The number of carbonyl (C=O) groups excluding carboxylic acids is 1. The zero-order valence-corrected chi connectivity index (χ0v) is 16.7. The highest BCUT2D eigenvalue weighted by Crippen LogP contribution is 2.28. The number of hydrogen-bond acceptors (Lipinski definition) is 5. The van der Waals surface area contributed by atoms with E-state index in [0.29, 0.717) is 36.4 Å². The molecule has 1 saturated carbocycles. The molecule has 3 heterocycles. The molecule has 31 heavy (non-hydrogen) atoms. The van der Waals surface area contributed by atoms with Crippen LogP contribution >= 0.6 is 0 Å². The molecule has 0 bridgehead atoms. The molecule has 0 spiro atoms. The van der Waals surface area contributed by atoms with Crippen molar-refractivity contribution in [1.29, 1.82) is 0 Å². The standard InChI is InChI=1S/C22H21FN4O4/c23-15-3-1-13(2-4-15)12-26-20-17(14-7-9-31-10-8-14)11-24-27(20)22(30)18(21(26)29)19(28)25-16-5-6-16/h1-4,7,11,16,30H,5-6,8-10,12H2,(H,25,28). The molecule has 2 N–H and O–H groups in total. The number of benzene rings is 1. The van der Waals surface area contributed by atoms with Crippen molar-refractivity contribution in [2.24, 2.45) is 0 Å². The maximum Gasteiger partial charge on any atom is 0.270 e. The Morgan fingerprint density at radius 2 is 2.06 bits per heavy atom. The van der Waals surface area contributed by atoms with E-state index in [1.807, 2.05) is 6.08 Å². The zero-order valence-electron chi connectivity index (χ0n) is 16.7. The number of fused-ring (bicyclic) bond motifs is 1. The Bertz CT molecular complexity index is 1260. The Kier molecular flexibility index (Phi) is 4.82. The third kappa shape index (κ3) is 3.61. The molecule has 0 unspecified atom stereocenters. The van der Waals surface area contributed by atoms with Crippen LogP contribution in [0.25, 0.3) is 11.2 Å². The molecule has 2 aromatic heterocycles. The molecule has 9 heteroatoms. The molecular weight excluding hydrogens is 403 g/mol. The third-order valence-electron chi connectivity index (χ3n) is 5.59. The number of nitrogens with one attached hydrogen (secondary N) is 1. The summed E-state index contributed by atoms with van der Waals surface area (Å²) < 4.78 is 21.4. The van der Waals surface area contributed by atoms with E-state index in [4.69, 9.17) is 4.74 Å². The van der Waals surface area contributed by atoms with Crippen LogP contribution in [-0.2, 0) is 11.3 Å². The predicted octanol–water partition coefficient (Wildman–Crippen LogP) is 2.08. The van der Waals surface area contributed by atoms with E-state index in [1.165, 1.54) is 21.2 Å². The average molecular weight is 424 g/mol. The second kappa shape index (κ2) is 7.66. The van der Waals surface area contributed by atoms with Crippen molar-refractivity contribution >= 4 is 17.1 Å². The molecule has 1 fully saturated rings. The second-order valence-corrected chi connectivity index (χ2v) is 7.81. The normalized spacial score (nSPS) is 16.4. The summed E-state index contributed by atoms with van der Waals surface area (Å²) in [6.45, 7) is 1.08. The molecule has 1 aliphatic heterocycles. The molecule has 160 valence electrons. The summed E-state index contributed by atoms with van der Waals surface area (Å²) in [5.41, 5.74) is 1.72. The van der Waals surface area contributed by atoms with Crippen molar-refractivity contribution in [3.63, 3.8) is 0 Å². The van der Waals surface area contributed by atoms with Gasteiger partial charge in [-0.15, -0.1) is 0 Å². The van der Waals surface area contributed by atoms with E-state index in [2.05, 4.69) is 10.4 Å². The average Bonchev–Trinajstić information content (AvgIpc) is 3.47. The van der Waals surface area contributed by atoms with Crippen LogP contribution in [0.4, 0.5) is 4.39 Å². The summed E-state index contributed by atoms with van der Waals surface area (Å²) in [7, 11) is 0. The van der Waals surface area contributed by atoms with Gasteiger partial charge in [0.15, 0.2) is 11.2 Å². The topological polar surface area (TPSA) is 97.9 Å². The van der Waals surface area contributed by atoms with Crippen LogP contribution < -0.4 is 10.9 Å². The van der Waals surface area contributed by atoms with Gasteiger partial charge in [0.05, 0.1) is 26.0 Å². The first-order valence-electron chi connectivity index (χ1n) is 10.2. The molecule has 1 aromatic carbocycles. The van der Waals surface area contributed by atoms with Crippen molar-refractivity contribution in [2.45, 2.75) is 31.8 Å². The van der Waals surface area contributed by atoms with E-state index < -0.39 is 17.3 Å². The summed E-state index contributed by atoms with van der Waals surface area (Å²) in [5, 5.41) is 17.8. The van der Waals surface area contributed by atoms with Gasteiger partial charge in [0.25, 0.3) is 11.5 Å². The SMILES string of the molecule is O=C(NC1CC1)c1c(O)n2ncc(C3=CCOCC3)c2n(Cc2ccc(F)cc2)c1=O. The Morgan fingerprint density at radius 1 is 1.29 bits per heavy atom. The summed E-state index contributed by atoms with van der Waals surface area (Å²) in [5.74, 6) is -1.50. The third-order valence-corrected chi connectivity index (χ3v) is 5.59. The van der Waals surface area contributed by atoms with Gasteiger partial charge in [-0.05, 0) is 42.5 Å². The minimum atomic E-state index is -0.623. The molecule has 1 amide bonds. The quantitative estimate of drug-likeness (QED) is 0.654. The summed E-state index contributed by atoms with van der Waals surface area (Å²) in [6.07, 6.45) is 5.82. The number of aromatic nitrogens is 3. The number of hydrogen-bond donors (Lipinski definition) is 2. The minimum Gasteiger partial charge on any atom is -0.492 e. The van der Waals surface area contributed by atoms with Gasteiger partial charge in [-0.3, -0.25) is 14.2 Å². The molecule has 2 aliphatic rings. The lowest BCUT2D eigenvalue weighted by molar-refractivity contribution is 0.0945. The fourth-order valence-electron chi connectivity index (χ4n) is 3.79. The van der Waals surface area contributed by atoms with Crippen LogP contribution in [0.3, 0.4) is 0 Å². The van der Waals surface area contributed by atoms with Crippen LogP contribution in [0, 0.1) is 5.82 Å². The minimum absolute atomic E-state index is 0.0214. The van der Waals surface area contributed by atoms with Crippen LogP contribution in [0.1, 0.15) is 40.7 Å². The predicted molar refractivity (Wildman–Crippen MR) is 111 cm³/mol. The van der Waals surface area contributed by atoms with Crippen molar-refractivity contribution in [3.05, 3.63) is 69.4 Å². The fraction of sp³-hybridized carbons (Fsp3) is 0.318. The van der Waals surface area contributed by atoms with E-state index in [1.54, 1.807) is 18.3 Å². The molecule has 0 atom stereocenters. The van der Waals surface area contributed by atoms with E-state index in [0.717, 1.165) is 18.4 Å². The fourth-order valence-corrected chi connectivity index (χ4v) is 3.79. The first-order chi connectivity index (χ1) is 15.0. The van der Waals surface area contributed by atoms with E-state index in [-0.39, 0.29) is 24.0 Å². The van der Waals surface area contributed by atoms with Crippen molar-refractivity contribution in [2.75, 3.05) is 13.2 Å².